The van der Waals surface area contributed by atoms with E-state index in [2.05, 4.69) is 23.8 Å². The third-order valence-corrected chi connectivity index (χ3v) is 4.34. The van der Waals surface area contributed by atoms with Gasteiger partial charge in [0.05, 0.1) is 10.5 Å². The Bertz CT molecular complexity index is 545. The van der Waals surface area contributed by atoms with Gasteiger partial charge in [-0.2, -0.15) is 0 Å². The summed E-state index contributed by atoms with van der Waals surface area (Å²) < 4.78 is 2.26. The molecule has 110 valence electrons. The predicted octanol–water partition coefficient (Wildman–Crippen LogP) is 6.70. The third-order valence-electron chi connectivity index (χ3n) is 3.81. The van der Waals surface area contributed by atoms with Crippen LogP contribution in [0.5, 0.6) is 0 Å². The zero-order valence-corrected chi connectivity index (χ0v) is 13.7. The fourth-order valence-corrected chi connectivity index (χ4v) is 3.20. The first-order valence-electron chi connectivity index (χ1n) is 7.66. The molecule has 0 saturated heterocycles. The summed E-state index contributed by atoms with van der Waals surface area (Å²) in [6.45, 7) is 3.31. The zero-order chi connectivity index (χ0) is 14.4. The van der Waals surface area contributed by atoms with Crippen LogP contribution in [0.4, 0.5) is 0 Å². The average molecular weight is 312 g/mol. The van der Waals surface area contributed by atoms with Crippen molar-refractivity contribution in [2.45, 2.75) is 58.4 Å². The Morgan fingerprint density at radius 1 is 0.950 bits per heavy atom. The lowest BCUT2D eigenvalue weighted by Gasteiger charge is -2.06. The molecule has 20 heavy (non-hydrogen) atoms. The first-order chi connectivity index (χ1) is 9.72. The van der Waals surface area contributed by atoms with Crippen molar-refractivity contribution in [3.63, 3.8) is 0 Å². The number of hydrogen-bond acceptors (Lipinski definition) is 0. The van der Waals surface area contributed by atoms with E-state index in [9.17, 15) is 0 Å². The van der Waals surface area contributed by atoms with Crippen LogP contribution in [0.2, 0.25) is 10.0 Å². The molecule has 0 spiro atoms. The highest BCUT2D eigenvalue weighted by Gasteiger charge is 2.06. The molecule has 3 heteroatoms. The van der Waals surface area contributed by atoms with Crippen LogP contribution in [0.25, 0.3) is 10.9 Å². The van der Waals surface area contributed by atoms with Crippen molar-refractivity contribution in [1.82, 2.24) is 4.57 Å². The largest absolute Gasteiger partial charge is 0.347 e. The van der Waals surface area contributed by atoms with Crippen LogP contribution < -0.4 is 0 Å². The molecule has 0 fully saturated rings. The number of hydrogen-bond donors (Lipinski definition) is 0. The van der Waals surface area contributed by atoms with E-state index in [-0.39, 0.29) is 0 Å². The van der Waals surface area contributed by atoms with Crippen molar-refractivity contribution >= 4 is 34.1 Å². The highest BCUT2D eigenvalue weighted by Crippen LogP contribution is 2.29. The molecule has 0 aliphatic rings. The lowest BCUT2D eigenvalue weighted by Crippen LogP contribution is -1.96. The maximum atomic E-state index is 6.21. The van der Waals surface area contributed by atoms with Gasteiger partial charge in [-0.1, -0.05) is 68.7 Å². The molecule has 0 aliphatic heterocycles. The highest BCUT2D eigenvalue weighted by atomic mass is 35.5. The number of fused-ring (bicyclic) bond motifs is 1. The van der Waals surface area contributed by atoms with E-state index in [1.807, 2.05) is 12.1 Å². The number of unbranched alkanes of at least 4 members (excludes halogenated alkanes) is 6. The Morgan fingerprint density at radius 2 is 1.65 bits per heavy atom. The van der Waals surface area contributed by atoms with E-state index in [0.717, 1.165) is 22.5 Å². The maximum Gasteiger partial charge on any atom is 0.0514 e. The van der Waals surface area contributed by atoms with Crippen LogP contribution in [-0.2, 0) is 6.54 Å². The molecule has 0 atom stereocenters. The second-order valence-corrected chi connectivity index (χ2v) is 6.29. The summed E-state index contributed by atoms with van der Waals surface area (Å²) in [4.78, 5) is 0. The number of nitrogens with zero attached hydrogens (tertiary/aromatic N) is 1. The van der Waals surface area contributed by atoms with E-state index in [1.165, 1.54) is 44.9 Å². The molecule has 1 nitrogen and oxygen atoms in total. The SMILES string of the molecule is CCCCCCCCCn1ccc2c(Cl)cc(Cl)cc21. The van der Waals surface area contributed by atoms with Crippen molar-refractivity contribution in [1.29, 1.82) is 0 Å². The molecule has 0 radical (unpaired) electrons. The molecular weight excluding hydrogens is 289 g/mol. The van der Waals surface area contributed by atoms with Crippen LogP contribution in [0.1, 0.15) is 51.9 Å². The molecule has 0 bridgehead atoms. The second-order valence-electron chi connectivity index (χ2n) is 5.45. The summed E-state index contributed by atoms with van der Waals surface area (Å²) in [6, 6.07) is 5.89. The standard InChI is InChI=1S/C17H23Cl2N/c1-2-3-4-5-6-7-8-10-20-11-9-15-16(19)12-14(18)13-17(15)20/h9,11-13H,2-8,10H2,1H3. The molecule has 0 N–H and O–H groups in total. The Labute approximate surface area is 131 Å². The van der Waals surface area contributed by atoms with Crippen LogP contribution in [0.3, 0.4) is 0 Å². The molecule has 1 aromatic carbocycles. The smallest absolute Gasteiger partial charge is 0.0514 e. The van der Waals surface area contributed by atoms with Crippen LogP contribution in [0.15, 0.2) is 24.4 Å². The van der Waals surface area contributed by atoms with Gasteiger partial charge in [-0.05, 0) is 24.6 Å². The summed E-state index contributed by atoms with van der Waals surface area (Å²) in [5.41, 5.74) is 1.15. The zero-order valence-electron chi connectivity index (χ0n) is 12.2. The molecule has 0 aliphatic carbocycles. The average Bonchev–Trinajstić information content (AvgIpc) is 2.81. The normalized spacial score (nSPS) is 11.3. The molecular formula is C17H23Cl2N. The van der Waals surface area contributed by atoms with Crippen molar-refractivity contribution in [2.24, 2.45) is 0 Å². The minimum Gasteiger partial charge on any atom is -0.347 e. The van der Waals surface area contributed by atoms with Crippen LogP contribution in [0, 0.1) is 0 Å². The van der Waals surface area contributed by atoms with E-state index in [4.69, 9.17) is 23.2 Å². The summed E-state index contributed by atoms with van der Waals surface area (Å²) >= 11 is 12.3. The number of aromatic nitrogens is 1. The van der Waals surface area contributed by atoms with Gasteiger partial charge >= 0.3 is 0 Å². The molecule has 1 aromatic heterocycles. The number of rotatable bonds is 8. The number of aryl methyl sites for hydroxylation is 1. The summed E-state index contributed by atoms with van der Waals surface area (Å²) in [5, 5.41) is 2.55. The van der Waals surface area contributed by atoms with Gasteiger partial charge < -0.3 is 4.57 Å². The van der Waals surface area contributed by atoms with Crippen molar-refractivity contribution in [2.75, 3.05) is 0 Å². The van der Waals surface area contributed by atoms with E-state index >= 15 is 0 Å². The first-order valence-corrected chi connectivity index (χ1v) is 8.42. The lowest BCUT2D eigenvalue weighted by molar-refractivity contribution is 0.556. The van der Waals surface area contributed by atoms with Gasteiger partial charge in [-0.25, -0.2) is 0 Å². The first kappa shape index (κ1) is 15.7. The Morgan fingerprint density at radius 3 is 2.40 bits per heavy atom. The van der Waals surface area contributed by atoms with Gasteiger partial charge in [0.15, 0.2) is 0 Å². The van der Waals surface area contributed by atoms with Gasteiger partial charge in [-0.15, -0.1) is 0 Å². The van der Waals surface area contributed by atoms with Gasteiger partial charge in [0.1, 0.15) is 0 Å². The van der Waals surface area contributed by atoms with E-state index < -0.39 is 0 Å². The monoisotopic (exact) mass is 311 g/mol. The van der Waals surface area contributed by atoms with Crippen molar-refractivity contribution in [3.8, 4) is 0 Å². The van der Waals surface area contributed by atoms with Gasteiger partial charge in [0.25, 0.3) is 0 Å². The van der Waals surface area contributed by atoms with Gasteiger partial charge in [0, 0.05) is 23.2 Å². The molecule has 2 aromatic rings. The predicted molar refractivity (Wildman–Crippen MR) is 90.0 cm³/mol. The number of halogens is 2. The summed E-state index contributed by atoms with van der Waals surface area (Å²) in [6.07, 6.45) is 11.4. The van der Waals surface area contributed by atoms with Gasteiger partial charge in [0.2, 0.25) is 0 Å². The summed E-state index contributed by atoms with van der Waals surface area (Å²) in [7, 11) is 0. The summed E-state index contributed by atoms with van der Waals surface area (Å²) in [5.74, 6) is 0. The molecule has 0 unspecified atom stereocenters. The maximum absolute atomic E-state index is 6.21. The quantitative estimate of drug-likeness (QED) is 0.478. The third kappa shape index (κ3) is 4.17. The number of benzene rings is 1. The minimum atomic E-state index is 0.710. The van der Waals surface area contributed by atoms with E-state index in [0.29, 0.717) is 5.02 Å². The van der Waals surface area contributed by atoms with Gasteiger partial charge in [-0.3, -0.25) is 0 Å². The molecule has 1 heterocycles. The topological polar surface area (TPSA) is 4.93 Å². The second kappa shape index (κ2) is 7.95. The Hall–Kier alpha value is -0.660. The van der Waals surface area contributed by atoms with Crippen molar-refractivity contribution < 1.29 is 0 Å². The van der Waals surface area contributed by atoms with Crippen LogP contribution in [-0.4, -0.2) is 4.57 Å². The minimum absolute atomic E-state index is 0.710. The lowest BCUT2D eigenvalue weighted by atomic mass is 10.1. The fraction of sp³-hybridized carbons (Fsp3) is 0.529. The fourth-order valence-electron chi connectivity index (χ4n) is 2.65. The molecule has 0 amide bonds. The van der Waals surface area contributed by atoms with E-state index in [1.54, 1.807) is 0 Å². The highest BCUT2D eigenvalue weighted by molar-refractivity contribution is 6.38. The molecule has 2 rings (SSSR count). The molecule has 0 saturated carbocycles. The van der Waals surface area contributed by atoms with Crippen molar-refractivity contribution in [3.05, 3.63) is 34.4 Å². The van der Waals surface area contributed by atoms with Crippen LogP contribution >= 0.6 is 23.2 Å². The Kier molecular flexibility index (Phi) is 6.25. The Balaban J connectivity index is 1.84.